The minimum atomic E-state index is -0.708. The van der Waals surface area contributed by atoms with Crippen molar-refractivity contribution >= 4 is 11.7 Å². The summed E-state index contributed by atoms with van der Waals surface area (Å²) in [5.74, 6) is 0.113. The second-order valence-electron chi connectivity index (χ2n) is 6.28. The van der Waals surface area contributed by atoms with Crippen molar-refractivity contribution in [1.29, 1.82) is 0 Å². The Hall–Kier alpha value is -1.71. The van der Waals surface area contributed by atoms with Crippen molar-refractivity contribution in [2.45, 2.75) is 43.9 Å². The molecular weight excluding hydrogens is 266 g/mol. The van der Waals surface area contributed by atoms with Gasteiger partial charge in [0.1, 0.15) is 5.75 Å². The number of hydrogen-bond acceptors (Lipinski definition) is 3. The zero-order valence-electron chi connectivity index (χ0n) is 12.6. The molecule has 0 amide bonds. The smallest absolute Gasteiger partial charge is 0.304 e. The molecule has 0 unspecified atom stereocenters. The van der Waals surface area contributed by atoms with Gasteiger partial charge < -0.3 is 14.7 Å². The summed E-state index contributed by atoms with van der Waals surface area (Å²) < 4.78 is 5.36. The van der Waals surface area contributed by atoms with E-state index in [0.29, 0.717) is 0 Å². The molecule has 1 saturated heterocycles. The van der Waals surface area contributed by atoms with Crippen molar-refractivity contribution in [3.63, 3.8) is 0 Å². The Balaban J connectivity index is 1.97. The minimum absolute atomic E-state index is 0.173. The number of hydrogen-bond donors (Lipinski definition) is 1. The van der Waals surface area contributed by atoms with Crippen LogP contribution in [-0.2, 0) is 10.2 Å². The Morgan fingerprint density at radius 1 is 1.29 bits per heavy atom. The summed E-state index contributed by atoms with van der Waals surface area (Å²) in [5, 5.41) is 9.23. The Kier molecular flexibility index (Phi) is 3.79. The lowest BCUT2D eigenvalue weighted by atomic mass is 9.89. The third-order valence-corrected chi connectivity index (χ3v) is 4.81. The second-order valence-corrected chi connectivity index (χ2v) is 6.28. The SMILES string of the molecule is COc1ccc(N2CCCCC2)c(C2(CC(=O)O)CC2)c1. The summed E-state index contributed by atoms with van der Waals surface area (Å²) in [5.41, 5.74) is 2.22. The van der Waals surface area contributed by atoms with Crippen LogP contribution < -0.4 is 9.64 Å². The molecule has 0 bridgehead atoms. The first-order valence-corrected chi connectivity index (χ1v) is 7.80. The van der Waals surface area contributed by atoms with Gasteiger partial charge >= 0.3 is 5.97 Å². The Morgan fingerprint density at radius 2 is 2.00 bits per heavy atom. The van der Waals surface area contributed by atoms with Crippen LogP contribution >= 0.6 is 0 Å². The average Bonchev–Trinajstić information content (AvgIpc) is 3.27. The molecule has 0 atom stereocenters. The standard InChI is InChI=1S/C17H23NO3/c1-21-13-5-6-15(18-9-3-2-4-10-18)14(11-13)17(7-8-17)12-16(19)20/h5-6,11H,2-4,7-10,12H2,1H3,(H,19,20). The summed E-state index contributed by atoms with van der Waals surface area (Å²) in [4.78, 5) is 13.6. The molecule has 1 aromatic carbocycles. The van der Waals surface area contributed by atoms with E-state index >= 15 is 0 Å². The topological polar surface area (TPSA) is 49.8 Å². The maximum atomic E-state index is 11.2. The van der Waals surface area contributed by atoms with Gasteiger partial charge in [-0.2, -0.15) is 0 Å². The number of carboxylic acids is 1. The number of ether oxygens (including phenoxy) is 1. The monoisotopic (exact) mass is 289 g/mol. The number of rotatable bonds is 5. The van der Waals surface area contributed by atoms with E-state index in [1.54, 1.807) is 7.11 Å². The van der Waals surface area contributed by atoms with Gasteiger partial charge in [0.2, 0.25) is 0 Å². The molecule has 0 aromatic heterocycles. The van der Waals surface area contributed by atoms with E-state index in [4.69, 9.17) is 4.74 Å². The van der Waals surface area contributed by atoms with Crippen molar-refractivity contribution in [2.24, 2.45) is 0 Å². The quantitative estimate of drug-likeness (QED) is 0.904. The average molecular weight is 289 g/mol. The van der Waals surface area contributed by atoms with Crippen molar-refractivity contribution in [3.05, 3.63) is 23.8 Å². The lowest BCUT2D eigenvalue weighted by molar-refractivity contribution is -0.137. The number of nitrogens with zero attached hydrogens (tertiary/aromatic N) is 1. The lowest BCUT2D eigenvalue weighted by Gasteiger charge is -2.32. The Labute approximate surface area is 125 Å². The van der Waals surface area contributed by atoms with Gasteiger partial charge in [-0.1, -0.05) is 0 Å². The number of carboxylic acid groups (broad SMARTS) is 1. The zero-order valence-corrected chi connectivity index (χ0v) is 12.6. The van der Waals surface area contributed by atoms with E-state index < -0.39 is 5.97 Å². The van der Waals surface area contributed by atoms with Crippen molar-refractivity contribution in [1.82, 2.24) is 0 Å². The van der Waals surface area contributed by atoms with Crippen LogP contribution in [-0.4, -0.2) is 31.3 Å². The molecule has 4 heteroatoms. The van der Waals surface area contributed by atoms with E-state index in [0.717, 1.165) is 31.7 Å². The summed E-state index contributed by atoms with van der Waals surface area (Å²) in [7, 11) is 1.66. The fourth-order valence-corrected chi connectivity index (χ4v) is 3.46. The molecule has 1 aliphatic carbocycles. The third kappa shape index (κ3) is 2.85. The maximum absolute atomic E-state index is 11.2. The highest BCUT2D eigenvalue weighted by Crippen LogP contribution is 2.54. The zero-order chi connectivity index (χ0) is 14.9. The van der Waals surface area contributed by atoms with Crippen molar-refractivity contribution in [2.75, 3.05) is 25.1 Å². The Morgan fingerprint density at radius 3 is 2.57 bits per heavy atom. The number of anilines is 1. The first-order valence-electron chi connectivity index (χ1n) is 7.80. The number of piperidine rings is 1. The highest BCUT2D eigenvalue weighted by Gasteiger charge is 2.48. The first kappa shape index (κ1) is 14.2. The van der Waals surface area contributed by atoms with E-state index in [2.05, 4.69) is 17.0 Å². The van der Waals surface area contributed by atoms with Gasteiger partial charge in [0.15, 0.2) is 0 Å². The molecule has 2 aliphatic rings. The molecule has 1 heterocycles. The van der Waals surface area contributed by atoms with Gasteiger partial charge in [-0.3, -0.25) is 4.79 Å². The number of methoxy groups -OCH3 is 1. The third-order valence-electron chi connectivity index (χ3n) is 4.81. The second kappa shape index (κ2) is 5.58. The van der Waals surface area contributed by atoms with Crippen LogP contribution in [0.5, 0.6) is 5.75 Å². The Bertz CT molecular complexity index is 531. The van der Waals surface area contributed by atoms with Gasteiger partial charge in [-0.05, 0) is 55.9 Å². The lowest BCUT2D eigenvalue weighted by Crippen LogP contribution is -2.31. The molecule has 4 nitrogen and oxygen atoms in total. The van der Waals surface area contributed by atoms with Crippen LogP contribution in [0.2, 0.25) is 0 Å². The van der Waals surface area contributed by atoms with E-state index in [1.807, 2.05) is 6.07 Å². The van der Waals surface area contributed by atoms with Crippen LogP contribution in [0, 0.1) is 0 Å². The molecule has 21 heavy (non-hydrogen) atoms. The predicted octanol–water partition coefficient (Wildman–Crippen LogP) is 3.19. The fourth-order valence-electron chi connectivity index (χ4n) is 3.46. The molecular formula is C17H23NO3. The first-order chi connectivity index (χ1) is 10.1. The van der Waals surface area contributed by atoms with E-state index in [9.17, 15) is 9.90 Å². The largest absolute Gasteiger partial charge is 0.497 e. The summed E-state index contributed by atoms with van der Waals surface area (Å²) in [6.45, 7) is 2.14. The predicted molar refractivity (Wildman–Crippen MR) is 82.2 cm³/mol. The van der Waals surface area contributed by atoms with Gasteiger partial charge in [0.05, 0.1) is 13.5 Å². The molecule has 0 spiro atoms. The minimum Gasteiger partial charge on any atom is -0.497 e. The highest BCUT2D eigenvalue weighted by atomic mass is 16.5. The maximum Gasteiger partial charge on any atom is 0.304 e. The van der Waals surface area contributed by atoms with Crippen LogP contribution in [0.1, 0.15) is 44.1 Å². The van der Waals surface area contributed by atoms with Crippen molar-refractivity contribution < 1.29 is 14.6 Å². The molecule has 0 radical (unpaired) electrons. The molecule has 114 valence electrons. The van der Waals surface area contributed by atoms with Crippen LogP contribution in [0.3, 0.4) is 0 Å². The normalized spacial score (nSPS) is 20.1. The molecule has 1 saturated carbocycles. The summed E-state index contributed by atoms with van der Waals surface area (Å²) in [6, 6.07) is 6.16. The molecule has 1 aromatic rings. The van der Waals surface area contributed by atoms with E-state index in [-0.39, 0.29) is 11.8 Å². The molecule has 1 N–H and O–H groups in total. The number of carbonyl (C=O) groups is 1. The van der Waals surface area contributed by atoms with Gasteiger partial charge in [-0.25, -0.2) is 0 Å². The molecule has 1 aliphatic heterocycles. The van der Waals surface area contributed by atoms with Crippen LogP contribution in [0.25, 0.3) is 0 Å². The molecule has 2 fully saturated rings. The number of aliphatic carboxylic acids is 1. The fraction of sp³-hybridized carbons (Fsp3) is 0.588. The summed E-state index contributed by atoms with van der Waals surface area (Å²) >= 11 is 0. The van der Waals surface area contributed by atoms with Gasteiger partial charge in [-0.15, -0.1) is 0 Å². The molecule has 3 rings (SSSR count). The number of benzene rings is 1. The van der Waals surface area contributed by atoms with E-state index in [1.165, 1.54) is 30.5 Å². The van der Waals surface area contributed by atoms with Gasteiger partial charge in [0, 0.05) is 24.2 Å². The summed E-state index contributed by atoms with van der Waals surface area (Å²) in [6.07, 6.45) is 5.89. The van der Waals surface area contributed by atoms with Crippen LogP contribution in [0.4, 0.5) is 5.69 Å². The van der Waals surface area contributed by atoms with Crippen molar-refractivity contribution in [3.8, 4) is 5.75 Å². The van der Waals surface area contributed by atoms with Gasteiger partial charge in [0.25, 0.3) is 0 Å². The highest BCUT2D eigenvalue weighted by molar-refractivity contribution is 5.72. The van der Waals surface area contributed by atoms with Crippen LogP contribution in [0.15, 0.2) is 18.2 Å².